The molecule has 1 aromatic heterocycles. The van der Waals surface area contributed by atoms with Crippen molar-refractivity contribution < 1.29 is 36.9 Å². The molecule has 0 amide bonds. The molecule has 1 aliphatic heterocycles. The number of hydrogen-bond acceptors (Lipinski definition) is 5. The van der Waals surface area contributed by atoms with Crippen LogP contribution in [0.1, 0.15) is 49.4 Å². The van der Waals surface area contributed by atoms with Crippen LogP contribution in [0.4, 0.5) is 17.6 Å². The maximum atomic E-state index is 15.8. The lowest BCUT2D eigenvalue weighted by Gasteiger charge is -2.41. The number of ether oxygens (including phenoxy) is 2. The lowest BCUT2D eigenvalue weighted by molar-refractivity contribution is -0.141. The van der Waals surface area contributed by atoms with Gasteiger partial charge in [0.05, 0.1) is 19.0 Å². The summed E-state index contributed by atoms with van der Waals surface area (Å²) in [5, 5.41) is 10.1. The first-order chi connectivity index (χ1) is 18.7. The number of rotatable bonds is 12. The van der Waals surface area contributed by atoms with Crippen molar-refractivity contribution in [1.29, 1.82) is 0 Å². The first kappa shape index (κ1) is 28.6. The third-order valence-electron chi connectivity index (χ3n) is 7.54. The van der Waals surface area contributed by atoms with E-state index in [0.717, 1.165) is 18.2 Å². The number of hydrogen-bond donors (Lipinski definition) is 1. The lowest BCUT2D eigenvalue weighted by atomic mass is 9.71. The number of fused-ring (bicyclic) bond motifs is 1. The van der Waals surface area contributed by atoms with Crippen LogP contribution in [-0.4, -0.2) is 54.3 Å². The quantitative estimate of drug-likeness (QED) is 0.264. The summed E-state index contributed by atoms with van der Waals surface area (Å²) in [6.07, 6.45) is 1.22. The second-order valence-electron chi connectivity index (χ2n) is 10.1. The van der Waals surface area contributed by atoms with Crippen LogP contribution in [0.2, 0.25) is 0 Å². The Balaban J connectivity index is 1.40. The Labute approximate surface area is 224 Å². The minimum absolute atomic E-state index is 0.0465. The largest absolute Gasteiger partial charge is 0.497 e. The van der Waals surface area contributed by atoms with Gasteiger partial charge in [0.15, 0.2) is 0 Å². The van der Waals surface area contributed by atoms with Crippen molar-refractivity contribution >= 4 is 16.9 Å². The molecule has 0 aliphatic carbocycles. The maximum absolute atomic E-state index is 15.8. The number of alkyl halides is 2. The number of likely N-dealkylation sites (tertiary alicyclic amines) is 1. The van der Waals surface area contributed by atoms with Crippen molar-refractivity contribution in [2.45, 2.75) is 45.0 Å². The van der Waals surface area contributed by atoms with Gasteiger partial charge in [0, 0.05) is 47.5 Å². The molecule has 2 heterocycles. The molecule has 1 fully saturated rings. The van der Waals surface area contributed by atoms with Crippen LogP contribution in [0.3, 0.4) is 0 Å². The van der Waals surface area contributed by atoms with Gasteiger partial charge in [-0.3, -0.25) is 14.7 Å². The number of methoxy groups -OCH3 is 1. The van der Waals surface area contributed by atoms with Crippen molar-refractivity contribution in [3.8, 4) is 11.5 Å². The number of aliphatic carboxylic acids is 1. The van der Waals surface area contributed by atoms with Gasteiger partial charge in [0.25, 0.3) is 0 Å². The van der Waals surface area contributed by atoms with E-state index in [4.69, 9.17) is 9.47 Å². The number of piperidine rings is 1. The van der Waals surface area contributed by atoms with Gasteiger partial charge in [0.1, 0.15) is 42.6 Å². The van der Waals surface area contributed by atoms with Crippen LogP contribution in [-0.2, 0) is 11.5 Å². The fourth-order valence-electron chi connectivity index (χ4n) is 5.41. The molecule has 10 heteroatoms. The molecule has 3 aromatic rings. The highest BCUT2D eigenvalue weighted by molar-refractivity contribution is 5.85. The molecule has 0 saturated carbocycles. The van der Waals surface area contributed by atoms with Gasteiger partial charge in [-0.2, -0.15) is 0 Å². The molecule has 6 nitrogen and oxygen atoms in total. The molecule has 39 heavy (non-hydrogen) atoms. The highest BCUT2D eigenvalue weighted by atomic mass is 19.1. The summed E-state index contributed by atoms with van der Waals surface area (Å²) in [6, 6.07) is 8.05. The molecule has 2 aromatic carbocycles. The molecule has 210 valence electrons. The van der Waals surface area contributed by atoms with Crippen molar-refractivity contribution in [1.82, 2.24) is 9.88 Å². The number of halogens is 4. The Morgan fingerprint density at radius 3 is 2.49 bits per heavy atom. The Morgan fingerprint density at radius 2 is 1.85 bits per heavy atom. The fraction of sp³-hybridized carbons (Fsp3) is 0.448. The Kier molecular flexibility index (Phi) is 9.27. The van der Waals surface area contributed by atoms with Crippen molar-refractivity contribution in [3.63, 3.8) is 0 Å². The molecule has 4 rings (SSSR count). The predicted octanol–water partition coefficient (Wildman–Crippen LogP) is 6.42. The minimum Gasteiger partial charge on any atom is -0.497 e. The van der Waals surface area contributed by atoms with Crippen LogP contribution in [0.25, 0.3) is 10.9 Å². The highest BCUT2D eigenvalue weighted by Gasteiger charge is 2.37. The average molecular weight is 549 g/mol. The van der Waals surface area contributed by atoms with Crippen molar-refractivity contribution in [3.05, 3.63) is 65.4 Å². The van der Waals surface area contributed by atoms with E-state index in [1.807, 2.05) is 0 Å². The van der Waals surface area contributed by atoms with Gasteiger partial charge in [-0.25, -0.2) is 17.6 Å². The number of pyridine rings is 1. The highest BCUT2D eigenvalue weighted by Crippen LogP contribution is 2.43. The summed E-state index contributed by atoms with van der Waals surface area (Å²) in [5.74, 6) is -1.77. The number of carboxylic acids is 1. The second-order valence-corrected chi connectivity index (χ2v) is 10.1. The molecule has 0 spiro atoms. The molecule has 1 unspecified atom stereocenters. The topological polar surface area (TPSA) is 71.9 Å². The molecule has 1 aliphatic rings. The van der Waals surface area contributed by atoms with E-state index in [9.17, 15) is 23.1 Å². The first-order valence-electron chi connectivity index (χ1n) is 12.9. The van der Waals surface area contributed by atoms with Crippen LogP contribution in [0, 0.1) is 17.0 Å². The third kappa shape index (κ3) is 7.17. The summed E-state index contributed by atoms with van der Waals surface area (Å²) in [5.41, 5.74) is 0.330. The summed E-state index contributed by atoms with van der Waals surface area (Å²) in [7, 11) is 1.50. The Hall–Kier alpha value is -3.40. The van der Waals surface area contributed by atoms with Crippen molar-refractivity contribution in [2.24, 2.45) is 5.41 Å². The van der Waals surface area contributed by atoms with Crippen LogP contribution in [0.15, 0.2) is 42.6 Å². The van der Waals surface area contributed by atoms with Crippen molar-refractivity contribution in [2.75, 3.05) is 33.4 Å². The smallest absolute Gasteiger partial charge is 0.303 e. The van der Waals surface area contributed by atoms with Crippen LogP contribution in [0.5, 0.6) is 11.5 Å². The van der Waals surface area contributed by atoms with E-state index in [-0.39, 0.29) is 36.3 Å². The molecular weight excluding hydrogens is 516 g/mol. The standard InChI is InChI=1S/C29H32F4N2O4/c1-38-22-2-3-26-24(15-22)28(19(17-30)18-34-26)25(33)4-5-29(16-27(36)37)6-8-35(9-7-29)10-11-39-23-13-20(31)12-21(32)14-23/h2-3,12-15,18,25H,4-11,16-17H2,1H3,(H,36,37). The first-order valence-corrected chi connectivity index (χ1v) is 12.9. The number of aromatic nitrogens is 1. The molecule has 0 radical (unpaired) electrons. The monoisotopic (exact) mass is 548 g/mol. The van der Waals surface area contributed by atoms with Gasteiger partial charge < -0.3 is 14.6 Å². The van der Waals surface area contributed by atoms with Gasteiger partial charge >= 0.3 is 5.97 Å². The number of benzene rings is 2. The van der Waals surface area contributed by atoms with E-state index < -0.39 is 35.9 Å². The number of nitrogens with zero attached hydrogens (tertiary/aromatic N) is 2. The van der Waals surface area contributed by atoms with Gasteiger partial charge in [-0.1, -0.05) is 0 Å². The number of carbonyl (C=O) groups is 1. The Morgan fingerprint density at radius 1 is 1.13 bits per heavy atom. The average Bonchev–Trinajstić information content (AvgIpc) is 2.91. The summed E-state index contributed by atoms with van der Waals surface area (Å²) >= 11 is 0. The van der Waals surface area contributed by atoms with Crippen LogP contribution >= 0.6 is 0 Å². The normalized spacial score (nSPS) is 16.2. The summed E-state index contributed by atoms with van der Waals surface area (Å²) in [4.78, 5) is 18.1. The second kappa shape index (κ2) is 12.6. The van der Waals surface area contributed by atoms with Gasteiger partial charge in [-0.05, 0) is 62.4 Å². The van der Waals surface area contributed by atoms with Gasteiger partial charge in [-0.15, -0.1) is 0 Å². The maximum Gasteiger partial charge on any atom is 0.303 e. The summed E-state index contributed by atoms with van der Waals surface area (Å²) in [6.45, 7) is 1.01. The molecule has 1 N–H and O–H groups in total. The van der Waals surface area contributed by atoms with E-state index >= 15 is 4.39 Å². The third-order valence-corrected chi connectivity index (χ3v) is 7.54. The van der Waals surface area contributed by atoms with E-state index in [1.54, 1.807) is 18.2 Å². The zero-order valence-corrected chi connectivity index (χ0v) is 21.8. The molecule has 1 saturated heterocycles. The van der Waals surface area contributed by atoms with E-state index in [0.29, 0.717) is 55.5 Å². The number of carboxylic acid groups (broad SMARTS) is 1. The van der Waals surface area contributed by atoms with E-state index in [1.165, 1.54) is 13.3 Å². The Bertz CT molecular complexity index is 1270. The van der Waals surface area contributed by atoms with Crippen LogP contribution < -0.4 is 9.47 Å². The lowest BCUT2D eigenvalue weighted by Crippen LogP contribution is -2.42. The SMILES string of the molecule is COc1ccc2ncc(CF)c(C(F)CCC3(CC(=O)O)CCN(CCOc4cc(F)cc(F)c4)CC3)c2c1. The molecule has 1 atom stereocenters. The minimum atomic E-state index is -1.50. The predicted molar refractivity (Wildman–Crippen MR) is 138 cm³/mol. The van der Waals surface area contributed by atoms with E-state index in [2.05, 4.69) is 9.88 Å². The summed E-state index contributed by atoms with van der Waals surface area (Å²) < 4.78 is 67.1. The molecular formula is C29H32F4N2O4. The zero-order valence-electron chi connectivity index (χ0n) is 21.8. The molecule has 0 bridgehead atoms. The zero-order chi connectivity index (χ0) is 28.0. The fourth-order valence-corrected chi connectivity index (χ4v) is 5.41. The van der Waals surface area contributed by atoms with Gasteiger partial charge in [0.2, 0.25) is 0 Å².